The van der Waals surface area contributed by atoms with Gasteiger partial charge in [0.2, 0.25) is 0 Å². The molecule has 2 heteroatoms. The van der Waals surface area contributed by atoms with E-state index in [0.29, 0.717) is 13.0 Å². The van der Waals surface area contributed by atoms with Crippen LogP contribution in [-0.2, 0) is 4.74 Å². The minimum atomic E-state index is -0.333. The fourth-order valence-electron chi connectivity index (χ4n) is 0.628. The minimum Gasteiger partial charge on any atom is -0.389 e. The summed E-state index contributed by atoms with van der Waals surface area (Å²) in [6, 6.07) is 0. The average Bonchev–Trinajstić information content (AvgIpc) is 1.97. The first-order valence-corrected chi connectivity index (χ1v) is 3.65. The molecule has 0 bridgehead atoms. The molecule has 2 nitrogen and oxygen atoms in total. The summed E-state index contributed by atoms with van der Waals surface area (Å²) in [5.74, 6) is 0. The van der Waals surface area contributed by atoms with Crippen molar-refractivity contribution in [1.29, 1.82) is 0 Å². The van der Waals surface area contributed by atoms with Crippen molar-refractivity contribution in [2.24, 2.45) is 0 Å². The van der Waals surface area contributed by atoms with Gasteiger partial charge in [0, 0.05) is 20.1 Å². The fraction of sp³-hybridized carbons (Fsp3) is 0.750. The van der Waals surface area contributed by atoms with Crippen molar-refractivity contribution in [3.8, 4) is 0 Å². The summed E-state index contributed by atoms with van der Waals surface area (Å²) in [5.41, 5.74) is 0. The van der Waals surface area contributed by atoms with Crippen molar-refractivity contribution < 1.29 is 9.84 Å². The molecule has 10 heavy (non-hydrogen) atoms. The molecule has 1 N–H and O–H groups in total. The van der Waals surface area contributed by atoms with Crippen molar-refractivity contribution in [2.45, 2.75) is 25.9 Å². The lowest BCUT2D eigenvalue weighted by Crippen LogP contribution is -2.05. The zero-order chi connectivity index (χ0) is 7.82. The number of aliphatic hydroxyl groups is 1. The normalized spacial score (nSPS) is 14.3. The molecule has 0 aromatic heterocycles. The highest BCUT2D eigenvalue weighted by Crippen LogP contribution is 1.94. The molecule has 1 atom stereocenters. The van der Waals surface area contributed by atoms with Gasteiger partial charge in [0.05, 0.1) is 6.10 Å². The Balaban J connectivity index is 3.24. The maximum atomic E-state index is 9.14. The molecule has 0 aliphatic rings. The van der Waals surface area contributed by atoms with Crippen LogP contribution in [0.15, 0.2) is 12.2 Å². The summed E-state index contributed by atoms with van der Waals surface area (Å²) >= 11 is 0. The van der Waals surface area contributed by atoms with Crippen LogP contribution in [-0.4, -0.2) is 24.9 Å². The van der Waals surface area contributed by atoms with E-state index < -0.39 is 0 Å². The summed E-state index contributed by atoms with van der Waals surface area (Å²) in [6.45, 7) is 2.66. The van der Waals surface area contributed by atoms with Crippen molar-refractivity contribution >= 4 is 0 Å². The molecule has 1 unspecified atom stereocenters. The van der Waals surface area contributed by atoms with Crippen LogP contribution in [0.3, 0.4) is 0 Å². The number of aliphatic hydroxyl groups excluding tert-OH is 1. The van der Waals surface area contributed by atoms with Gasteiger partial charge in [-0.1, -0.05) is 19.1 Å². The van der Waals surface area contributed by atoms with Gasteiger partial charge in [-0.05, 0) is 6.42 Å². The van der Waals surface area contributed by atoms with E-state index in [1.165, 1.54) is 0 Å². The zero-order valence-corrected chi connectivity index (χ0v) is 6.71. The van der Waals surface area contributed by atoms with Gasteiger partial charge in [0.1, 0.15) is 0 Å². The van der Waals surface area contributed by atoms with Crippen LogP contribution in [0, 0.1) is 0 Å². The molecule has 0 saturated heterocycles. The summed E-state index contributed by atoms with van der Waals surface area (Å²) in [5, 5.41) is 9.14. The van der Waals surface area contributed by atoms with Crippen LogP contribution in [0.4, 0.5) is 0 Å². The summed E-state index contributed by atoms with van der Waals surface area (Å²) in [4.78, 5) is 0. The van der Waals surface area contributed by atoms with E-state index >= 15 is 0 Å². The third-order valence-electron chi connectivity index (χ3n) is 1.21. The Kier molecular flexibility index (Phi) is 6.55. The molecule has 0 spiro atoms. The Morgan fingerprint density at radius 3 is 2.80 bits per heavy atom. The molecule has 0 fully saturated rings. The quantitative estimate of drug-likeness (QED) is 0.590. The van der Waals surface area contributed by atoms with Gasteiger partial charge in [-0.15, -0.1) is 0 Å². The Hall–Kier alpha value is -0.340. The van der Waals surface area contributed by atoms with E-state index in [1.54, 1.807) is 13.2 Å². The predicted octanol–water partition coefficient (Wildman–Crippen LogP) is 1.35. The van der Waals surface area contributed by atoms with Gasteiger partial charge in [0.15, 0.2) is 0 Å². The molecule has 0 aromatic carbocycles. The molecule has 0 aliphatic heterocycles. The van der Waals surface area contributed by atoms with E-state index in [4.69, 9.17) is 9.84 Å². The SMILES string of the molecule is CC/C=C/C(O)CCOC. The molecule has 0 amide bonds. The van der Waals surface area contributed by atoms with Crippen LogP contribution in [0.25, 0.3) is 0 Å². The van der Waals surface area contributed by atoms with Crippen LogP contribution < -0.4 is 0 Å². The van der Waals surface area contributed by atoms with Gasteiger partial charge in [-0.25, -0.2) is 0 Å². The van der Waals surface area contributed by atoms with E-state index in [-0.39, 0.29) is 6.10 Å². The smallest absolute Gasteiger partial charge is 0.0742 e. The average molecular weight is 144 g/mol. The van der Waals surface area contributed by atoms with Crippen molar-refractivity contribution in [1.82, 2.24) is 0 Å². The Morgan fingerprint density at radius 2 is 2.30 bits per heavy atom. The van der Waals surface area contributed by atoms with Gasteiger partial charge in [-0.2, -0.15) is 0 Å². The second-order valence-electron chi connectivity index (χ2n) is 2.19. The third-order valence-corrected chi connectivity index (χ3v) is 1.21. The molecule has 0 rings (SSSR count). The highest BCUT2D eigenvalue weighted by molar-refractivity contribution is 4.87. The summed E-state index contributed by atoms with van der Waals surface area (Å²) in [7, 11) is 1.64. The number of allylic oxidation sites excluding steroid dienone is 1. The third kappa shape index (κ3) is 5.79. The Morgan fingerprint density at radius 1 is 1.60 bits per heavy atom. The molecule has 0 aliphatic carbocycles. The minimum absolute atomic E-state index is 0.333. The number of rotatable bonds is 5. The van der Waals surface area contributed by atoms with Crippen LogP contribution in [0.1, 0.15) is 19.8 Å². The van der Waals surface area contributed by atoms with Crippen LogP contribution in [0.2, 0.25) is 0 Å². The van der Waals surface area contributed by atoms with E-state index in [1.807, 2.05) is 13.0 Å². The van der Waals surface area contributed by atoms with Gasteiger partial charge in [0.25, 0.3) is 0 Å². The van der Waals surface area contributed by atoms with Crippen molar-refractivity contribution in [3.63, 3.8) is 0 Å². The number of hydrogen-bond donors (Lipinski definition) is 1. The van der Waals surface area contributed by atoms with Gasteiger partial charge < -0.3 is 9.84 Å². The second-order valence-corrected chi connectivity index (χ2v) is 2.19. The molecule has 0 heterocycles. The lowest BCUT2D eigenvalue weighted by molar-refractivity contribution is 0.136. The lowest BCUT2D eigenvalue weighted by Gasteiger charge is -2.02. The first-order valence-electron chi connectivity index (χ1n) is 3.65. The maximum Gasteiger partial charge on any atom is 0.0742 e. The van der Waals surface area contributed by atoms with E-state index in [9.17, 15) is 0 Å². The topological polar surface area (TPSA) is 29.5 Å². The van der Waals surface area contributed by atoms with Gasteiger partial charge >= 0.3 is 0 Å². The lowest BCUT2D eigenvalue weighted by atomic mass is 10.2. The van der Waals surface area contributed by atoms with Crippen molar-refractivity contribution in [2.75, 3.05) is 13.7 Å². The summed E-state index contributed by atoms with van der Waals surface area (Å²) in [6.07, 6.45) is 5.09. The second kappa shape index (κ2) is 6.78. The summed E-state index contributed by atoms with van der Waals surface area (Å²) < 4.78 is 4.80. The number of hydrogen-bond acceptors (Lipinski definition) is 2. The zero-order valence-electron chi connectivity index (χ0n) is 6.71. The van der Waals surface area contributed by atoms with E-state index in [2.05, 4.69) is 0 Å². The predicted molar refractivity (Wildman–Crippen MR) is 41.9 cm³/mol. The molecule has 0 saturated carbocycles. The maximum absolute atomic E-state index is 9.14. The van der Waals surface area contributed by atoms with Crippen LogP contribution in [0.5, 0.6) is 0 Å². The van der Waals surface area contributed by atoms with Crippen molar-refractivity contribution in [3.05, 3.63) is 12.2 Å². The fourth-order valence-corrected chi connectivity index (χ4v) is 0.628. The number of methoxy groups -OCH3 is 1. The first-order chi connectivity index (χ1) is 4.81. The first kappa shape index (κ1) is 9.66. The molecule has 60 valence electrons. The molecular weight excluding hydrogens is 128 g/mol. The van der Waals surface area contributed by atoms with Gasteiger partial charge in [-0.3, -0.25) is 0 Å². The monoisotopic (exact) mass is 144 g/mol. The standard InChI is InChI=1S/C8H16O2/c1-3-4-5-8(9)6-7-10-2/h4-5,8-9H,3,6-7H2,1-2H3/b5-4+. The molecule has 0 radical (unpaired) electrons. The Bertz CT molecular complexity index is 89.3. The number of ether oxygens (including phenoxy) is 1. The highest BCUT2D eigenvalue weighted by Gasteiger charge is 1.95. The Labute approximate surface area is 62.5 Å². The molecular formula is C8H16O2. The largest absolute Gasteiger partial charge is 0.389 e. The highest BCUT2D eigenvalue weighted by atomic mass is 16.5. The molecule has 0 aromatic rings. The van der Waals surface area contributed by atoms with Crippen LogP contribution >= 0.6 is 0 Å². The van der Waals surface area contributed by atoms with E-state index in [0.717, 1.165) is 6.42 Å².